The third-order valence-electron chi connectivity index (χ3n) is 5.13. The highest BCUT2D eigenvalue weighted by atomic mass is 35.5. The lowest BCUT2D eigenvalue weighted by Crippen LogP contribution is -2.55. The predicted molar refractivity (Wildman–Crippen MR) is 59.3 cm³/mol. The topological polar surface area (TPSA) is 12.0 Å². The van der Waals surface area contributed by atoms with Gasteiger partial charge in [-0.2, -0.15) is 0 Å². The molecule has 0 saturated heterocycles. The highest BCUT2D eigenvalue weighted by Gasteiger charge is 2.59. The molecule has 2 bridgehead atoms. The van der Waals surface area contributed by atoms with Crippen LogP contribution in [0, 0.1) is 17.3 Å². The molecule has 0 aromatic heterocycles. The minimum Gasteiger partial charge on any atom is -0.314 e. The zero-order valence-electron chi connectivity index (χ0n) is 9.18. The summed E-state index contributed by atoms with van der Waals surface area (Å²) in [7, 11) is 2.13. The number of hydrogen-bond acceptors (Lipinski definition) is 1. The Morgan fingerprint density at radius 1 is 1.08 bits per heavy atom. The maximum absolute atomic E-state index is 3.56. The number of halogens is 1. The summed E-state index contributed by atoms with van der Waals surface area (Å²) in [5.41, 5.74) is 0.903. The van der Waals surface area contributed by atoms with Gasteiger partial charge in [-0.15, -0.1) is 12.4 Å². The summed E-state index contributed by atoms with van der Waals surface area (Å²) in [4.78, 5) is 0. The molecule has 0 unspecified atom stereocenters. The van der Waals surface area contributed by atoms with Gasteiger partial charge in [-0.25, -0.2) is 0 Å². The van der Waals surface area contributed by atoms with E-state index >= 15 is 0 Å². The maximum atomic E-state index is 3.56. The van der Waals surface area contributed by atoms with E-state index < -0.39 is 0 Å². The Bertz CT molecular complexity index is 202. The van der Waals surface area contributed by atoms with Crippen LogP contribution in [0.25, 0.3) is 0 Å². The molecule has 2 aliphatic carbocycles. The van der Waals surface area contributed by atoms with Crippen molar-refractivity contribution in [3.63, 3.8) is 0 Å². The van der Waals surface area contributed by atoms with Gasteiger partial charge in [0, 0.05) is 5.54 Å². The average molecular weight is 204 g/mol. The van der Waals surface area contributed by atoms with Crippen molar-refractivity contribution in [1.29, 1.82) is 0 Å². The molecule has 2 heteroatoms. The van der Waals surface area contributed by atoms with Crippen LogP contribution in [-0.4, -0.2) is 12.6 Å². The van der Waals surface area contributed by atoms with Crippen molar-refractivity contribution in [1.82, 2.24) is 5.32 Å². The van der Waals surface area contributed by atoms with Crippen LogP contribution in [0.2, 0.25) is 0 Å². The summed E-state index contributed by atoms with van der Waals surface area (Å²) >= 11 is 0. The predicted octanol–water partition coefficient (Wildman–Crippen LogP) is 2.84. The molecule has 3 atom stereocenters. The molecule has 2 aliphatic rings. The first-order valence-electron chi connectivity index (χ1n) is 5.21. The van der Waals surface area contributed by atoms with Gasteiger partial charge in [-0.05, 0) is 50.5 Å². The summed E-state index contributed by atoms with van der Waals surface area (Å²) in [6.07, 6.45) is 4.38. The second kappa shape index (κ2) is 3.13. The largest absolute Gasteiger partial charge is 0.314 e. The molecule has 0 amide bonds. The van der Waals surface area contributed by atoms with Gasteiger partial charge in [-0.3, -0.25) is 0 Å². The maximum Gasteiger partial charge on any atom is 0.0232 e. The molecule has 0 heterocycles. The van der Waals surface area contributed by atoms with Crippen molar-refractivity contribution < 1.29 is 0 Å². The summed E-state index contributed by atoms with van der Waals surface area (Å²) in [6.45, 7) is 7.29. The van der Waals surface area contributed by atoms with Gasteiger partial charge in [0.2, 0.25) is 0 Å². The summed E-state index contributed by atoms with van der Waals surface area (Å²) < 4.78 is 0. The molecule has 0 radical (unpaired) electrons. The van der Waals surface area contributed by atoms with Crippen LogP contribution in [0.1, 0.15) is 40.0 Å². The minimum atomic E-state index is 0. The highest BCUT2D eigenvalue weighted by molar-refractivity contribution is 5.85. The standard InChI is InChI=1S/C11H21N.ClH/c1-10(2)8-5-6-9(7-8)11(10,3)12-4;/h8-9,12H,5-7H2,1-4H3;1H/t8-,9+,11-;/m1./s1. The number of fused-ring (bicyclic) bond motifs is 2. The fourth-order valence-corrected chi connectivity index (χ4v) is 3.64. The van der Waals surface area contributed by atoms with Crippen LogP contribution in [-0.2, 0) is 0 Å². The number of rotatable bonds is 1. The smallest absolute Gasteiger partial charge is 0.0232 e. The summed E-state index contributed by atoms with van der Waals surface area (Å²) in [6, 6.07) is 0. The Morgan fingerprint density at radius 2 is 1.62 bits per heavy atom. The van der Waals surface area contributed by atoms with E-state index in [1.54, 1.807) is 0 Å². The zero-order valence-corrected chi connectivity index (χ0v) is 10.0. The van der Waals surface area contributed by atoms with Gasteiger partial charge >= 0.3 is 0 Å². The lowest BCUT2D eigenvalue weighted by molar-refractivity contribution is 0.0732. The van der Waals surface area contributed by atoms with Crippen molar-refractivity contribution in [2.75, 3.05) is 7.05 Å². The first kappa shape index (κ1) is 11.3. The molecule has 2 saturated carbocycles. The molecule has 0 aliphatic heterocycles. The molecule has 1 N–H and O–H groups in total. The van der Waals surface area contributed by atoms with Gasteiger partial charge in [0.25, 0.3) is 0 Å². The van der Waals surface area contributed by atoms with Crippen molar-refractivity contribution in [2.24, 2.45) is 17.3 Å². The second-order valence-electron chi connectivity index (χ2n) is 5.38. The van der Waals surface area contributed by atoms with E-state index in [1.807, 2.05) is 0 Å². The second-order valence-corrected chi connectivity index (χ2v) is 5.38. The molecule has 0 aromatic carbocycles. The minimum absolute atomic E-state index is 0. The molecule has 13 heavy (non-hydrogen) atoms. The van der Waals surface area contributed by atoms with E-state index in [-0.39, 0.29) is 12.4 Å². The van der Waals surface area contributed by atoms with E-state index in [9.17, 15) is 0 Å². The zero-order chi connectivity index (χ0) is 8.98. The van der Waals surface area contributed by atoms with Gasteiger partial charge in [-0.1, -0.05) is 13.8 Å². The lowest BCUT2D eigenvalue weighted by atomic mass is 9.64. The lowest BCUT2D eigenvalue weighted by Gasteiger charge is -2.47. The quantitative estimate of drug-likeness (QED) is 0.691. The molecule has 2 fully saturated rings. The Balaban J connectivity index is 0.000000845. The Morgan fingerprint density at radius 3 is 1.92 bits per heavy atom. The first-order chi connectivity index (χ1) is 5.52. The molecule has 0 aromatic rings. The van der Waals surface area contributed by atoms with Gasteiger partial charge in [0.1, 0.15) is 0 Å². The van der Waals surface area contributed by atoms with E-state index in [0.717, 1.165) is 11.8 Å². The number of hydrogen-bond donors (Lipinski definition) is 1. The Labute approximate surface area is 88.1 Å². The Hall–Kier alpha value is 0.250. The third kappa shape index (κ3) is 1.16. The van der Waals surface area contributed by atoms with Crippen molar-refractivity contribution in [3.8, 4) is 0 Å². The van der Waals surface area contributed by atoms with Crippen LogP contribution in [0.15, 0.2) is 0 Å². The average Bonchev–Trinajstić information content (AvgIpc) is 2.55. The SMILES string of the molecule is CN[C@]1(C)[C@H]2CC[C@H](C2)C1(C)C.Cl. The fourth-order valence-electron chi connectivity index (χ4n) is 3.64. The summed E-state index contributed by atoms with van der Waals surface area (Å²) in [5, 5.41) is 3.56. The highest BCUT2D eigenvalue weighted by Crippen LogP contribution is 2.60. The Kier molecular flexibility index (Phi) is 2.73. The van der Waals surface area contributed by atoms with Gasteiger partial charge in [0.05, 0.1) is 0 Å². The van der Waals surface area contributed by atoms with Crippen LogP contribution in [0.5, 0.6) is 0 Å². The third-order valence-corrected chi connectivity index (χ3v) is 5.13. The molecule has 0 spiro atoms. The molecule has 1 nitrogen and oxygen atoms in total. The molecule has 2 rings (SSSR count). The number of nitrogens with one attached hydrogen (secondary N) is 1. The molecular formula is C11H22ClN. The fraction of sp³-hybridized carbons (Fsp3) is 1.00. The first-order valence-corrected chi connectivity index (χ1v) is 5.21. The van der Waals surface area contributed by atoms with Gasteiger partial charge < -0.3 is 5.32 Å². The van der Waals surface area contributed by atoms with Crippen LogP contribution in [0.4, 0.5) is 0 Å². The van der Waals surface area contributed by atoms with E-state index in [0.29, 0.717) is 11.0 Å². The molecular weight excluding hydrogens is 182 g/mol. The summed E-state index contributed by atoms with van der Waals surface area (Å²) in [5.74, 6) is 1.91. The van der Waals surface area contributed by atoms with E-state index in [2.05, 4.69) is 33.1 Å². The van der Waals surface area contributed by atoms with Crippen LogP contribution < -0.4 is 5.32 Å². The van der Waals surface area contributed by atoms with Crippen molar-refractivity contribution >= 4 is 12.4 Å². The van der Waals surface area contributed by atoms with Crippen molar-refractivity contribution in [3.05, 3.63) is 0 Å². The van der Waals surface area contributed by atoms with Crippen LogP contribution in [0.3, 0.4) is 0 Å². The molecule has 78 valence electrons. The van der Waals surface area contributed by atoms with E-state index in [1.165, 1.54) is 19.3 Å². The van der Waals surface area contributed by atoms with Crippen LogP contribution >= 0.6 is 12.4 Å². The normalized spacial score (nSPS) is 46.2. The van der Waals surface area contributed by atoms with E-state index in [4.69, 9.17) is 0 Å². The van der Waals surface area contributed by atoms with Gasteiger partial charge in [0.15, 0.2) is 0 Å². The van der Waals surface area contributed by atoms with Crippen molar-refractivity contribution in [2.45, 2.75) is 45.6 Å². The monoisotopic (exact) mass is 203 g/mol.